The first-order valence-electron chi connectivity index (χ1n) is 10.4. The highest BCUT2D eigenvalue weighted by atomic mass is 32.2. The van der Waals surface area contributed by atoms with Gasteiger partial charge in [0.2, 0.25) is 6.10 Å². The van der Waals surface area contributed by atoms with Crippen molar-refractivity contribution in [2.75, 3.05) is 17.6 Å². The second kappa shape index (κ2) is 9.44. The van der Waals surface area contributed by atoms with Gasteiger partial charge in [-0.05, 0) is 31.2 Å². The Labute approximate surface area is 196 Å². The largest absolute Gasteiger partial charge is 0.444 e. The van der Waals surface area contributed by atoms with Crippen molar-refractivity contribution in [1.29, 1.82) is 0 Å². The van der Waals surface area contributed by atoms with Crippen LogP contribution in [0.15, 0.2) is 82.9 Å². The van der Waals surface area contributed by atoms with Crippen molar-refractivity contribution in [2.45, 2.75) is 13.0 Å². The average molecular weight is 480 g/mol. The maximum atomic E-state index is 13.1. The number of carbonyl (C=O) groups is 3. The number of amidine groups is 1. The van der Waals surface area contributed by atoms with Gasteiger partial charge in [0.05, 0.1) is 11.3 Å². The van der Waals surface area contributed by atoms with Gasteiger partial charge >= 0.3 is 5.97 Å². The highest BCUT2D eigenvalue weighted by Gasteiger charge is 2.29. The van der Waals surface area contributed by atoms with E-state index in [1.54, 1.807) is 59.5 Å². The van der Waals surface area contributed by atoms with Gasteiger partial charge < -0.3 is 15.0 Å². The van der Waals surface area contributed by atoms with E-state index in [4.69, 9.17) is 4.74 Å². The molecule has 0 spiro atoms. The van der Waals surface area contributed by atoms with Gasteiger partial charge in [0.1, 0.15) is 5.84 Å². The van der Waals surface area contributed by atoms with Crippen molar-refractivity contribution < 1.29 is 27.5 Å². The van der Waals surface area contributed by atoms with Crippen LogP contribution in [0.3, 0.4) is 0 Å². The molecule has 2 aliphatic heterocycles. The molecule has 2 aliphatic rings. The van der Waals surface area contributed by atoms with Gasteiger partial charge in [-0.25, -0.2) is 13.2 Å². The molecule has 10 heteroatoms. The number of ether oxygens (including phenoxy) is 1. The van der Waals surface area contributed by atoms with Gasteiger partial charge in [-0.2, -0.15) is 0 Å². The van der Waals surface area contributed by atoms with Crippen LogP contribution in [-0.4, -0.2) is 49.1 Å². The lowest BCUT2D eigenvalue weighted by Gasteiger charge is -2.27. The molecule has 0 bridgehead atoms. The Hall–Kier alpha value is -4.05. The number of Topliss-reactive ketones (excluding diaryl/α,β-unsaturated/α-hetero) is 1. The number of fused-ring (bicyclic) bond motifs is 1. The number of carbonyl (C=O) groups excluding carboxylic acids is 3. The lowest BCUT2D eigenvalue weighted by Crippen LogP contribution is -2.37. The summed E-state index contributed by atoms with van der Waals surface area (Å²) < 4.78 is 32.6. The molecule has 2 aromatic carbocycles. The zero-order valence-electron chi connectivity index (χ0n) is 18.2. The van der Waals surface area contributed by atoms with Crippen LogP contribution in [0.4, 0.5) is 5.69 Å². The fraction of sp³-hybridized carbons (Fsp3) is 0.167. The van der Waals surface area contributed by atoms with Gasteiger partial charge in [0.15, 0.2) is 5.78 Å². The first kappa shape index (κ1) is 23.1. The van der Waals surface area contributed by atoms with Crippen LogP contribution in [0.1, 0.15) is 28.9 Å². The monoisotopic (exact) mass is 479 g/mol. The first-order valence-corrected chi connectivity index (χ1v) is 12.0. The van der Waals surface area contributed by atoms with Crippen LogP contribution in [0.5, 0.6) is 0 Å². The maximum absolute atomic E-state index is 13.1. The van der Waals surface area contributed by atoms with Crippen LogP contribution in [0.2, 0.25) is 0 Å². The number of ketones is 1. The fourth-order valence-electron chi connectivity index (χ4n) is 3.42. The predicted molar refractivity (Wildman–Crippen MR) is 126 cm³/mol. The summed E-state index contributed by atoms with van der Waals surface area (Å²) >= 11 is 0. The van der Waals surface area contributed by atoms with Crippen LogP contribution in [0.25, 0.3) is 0 Å². The number of sulfonamides is 1. The van der Waals surface area contributed by atoms with Gasteiger partial charge in [-0.15, -0.1) is 4.40 Å². The molecule has 34 heavy (non-hydrogen) atoms. The van der Waals surface area contributed by atoms with Crippen molar-refractivity contribution in [1.82, 2.24) is 4.90 Å². The summed E-state index contributed by atoms with van der Waals surface area (Å²) in [6.45, 7) is 1.58. The van der Waals surface area contributed by atoms with Crippen molar-refractivity contribution in [3.8, 4) is 0 Å². The minimum absolute atomic E-state index is 0.144. The summed E-state index contributed by atoms with van der Waals surface area (Å²) in [4.78, 5) is 39.2. The normalized spacial score (nSPS) is 17.0. The summed E-state index contributed by atoms with van der Waals surface area (Å²) in [5, 5.41) is 2.70. The smallest absolute Gasteiger partial charge is 0.340 e. The molecule has 2 heterocycles. The molecule has 0 aliphatic carbocycles. The summed E-state index contributed by atoms with van der Waals surface area (Å²) in [5.74, 6) is -1.45. The second-order valence-corrected chi connectivity index (χ2v) is 9.42. The molecule has 1 N–H and O–H groups in total. The molecule has 0 fully saturated rings. The van der Waals surface area contributed by atoms with E-state index in [0.29, 0.717) is 16.8 Å². The molecule has 9 nitrogen and oxygen atoms in total. The van der Waals surface area contributed by atoms with Crippen LogP contribution in [-0.2, 0) is 24.3 Å². The molecule has 0 saturated carbocycles. The van der Waals surface area contributed by atoms with Crippen LogP contribution >= 0.6 is 0 Å². The fourth-order valence-corrected chi connectivity index (χ4v) is 4.39. The van der Waals surface area contributed by atoms with E-state index in [0.717, 1.165) is 0 Å². The van der Waals surface area contributed by atoms with E-state index < -0.39 is 28.0 Å². The minimum atomic E-state index is -3.52. The summed E-state index contributed by atoms with van der Waals surface area (Å²) in [7, 11) is -3.52. The summed E-state index contributed by atoms with van der Waals surface area (Å²) in [6.07, 6.45) is 3.00. The number of rotatable bonds is 6. The zero-order valence-corrected chi connectivity index (χ0v) is 19.0. The zero-order chi connectivity index (χ0) is 24.3. The third-order valence-corrected chi connectivity index (χ3v) is 6.33. The molecule has 174 valence electrons. The summed E-state index contributed by atoms with van der Waals surface area (Å²) in [6, 6.07) is 15.0. The third-order valence-electron chi connectivity index (χ3n) is 5.16. The lowest BCUT2D eigenvalue weighted by molar-refractivity contribution is -0.150. The molecule has 0 radical (unpaired) electrons. The number of esters is 1. The van der Waals surface area contributed by atoms with Gasteiger partial charge in [0.25, 0.3) is 15.9 Å². The third kappa shape index (κ3) is 5.29. The van der Waals surface area contributed by atoms with Gasteiger partial charge in [-0.1, -0.05) is 42.5 Å². The van der Waals surface area contributed by atoms with Crippen LogP contribution in [0, 0.1) is 0 Å². The Morgan fingerprint density at radius 3 is 2.56 bits per heavy atom. The number of hydrogen-bond acceptors (Lipinski definition) is 7. The highest BCUT2D eigenvalue weighted by Crippen LogP contribution is 2.24. The molecule has 0 unspecified atom stereocenters. The minimum Gasteiger partial charge on any atom is -0.444 e. The Bertz CT molecular complexity index is 1350. The van der Waals surface area contributed by atoms with E-state index in [1.807, 2.05) is 0 Å². The second-order valence-electron chi connectivity index (χ2n) is 7.67. The summed E-state index contributed by atoms with van der Waals surface area (Å²) in [5.41, 5.74) is 1.43. The van der Waals surface area contributed by atoms with E-state index in [9.17, 15) is 22.8 Å². The SMILES string of the molecule is CC(=O)c1cccc(NC(=O)[C@H](OC(=O)C2=CN3CCS(=O)(=O)N=C3C=C2)c2ccccc2)c1. The molecule has 1 atom stereocenters. The van der Waals surface area contributed by atoms with E-state index in [-0.39, 0.29) is 29.5 Å². The first-order chi connectivity index (χ1) is 16.2. The van der Waals surface area contributed by atoms with Crippen molar-refractivity contribution >= 4 is 39.2 Å². The molecule has 2 aromatic rings. The average Bonchev–Trinajstić information content (AvgIpc) is 2.82. The molecular formula is C24H21N3O6S. The number of nitrogens with one attached hydrogen (secondary N) is 1. The Morgan fingerprint density at radius 2 is 1.82 bits per heavy atom. The molecule has 1 amide bonds. The number of benzene rings is 2. The highest BCUT2D eigenvalue weighted by molar-refractivity contribution is 7.90. The number of anilines is 1. The van der Waals surface area contributed by atoms with Crippen molar-refractivity contribution in [2.24, 2.45) is 4.40 Å². The predicted octanol–water partition coefficient (Wildman–Crippen LogP) is 2.61. The molecule has 0 saturated heterocycles. The number of amides is 1. The lowest BCUT2D eigenvalue weighted by atomic mass is 10.1. The Morgan fingerprint density at radius 1 is 1.06 bits per heavy atom. The molecule has 4 rings (SSSR count). The Kier molecular flexibility index (Phi) is 6.42. The molecule has 0 aromatic heterocycles. The van der Waals surface area contributed by atoms with Crippen molar-refractivity contribution in [3.63, 3.8) is 0 Å². The maximum Gasteiger partial charge on any atom is 0.340 e. The topological polar surface area (TPSA) is 122 Å². The van der Waals surface area contributed by atoms with E-state index >= 15 is 0 Å². The molecular weight excluding hydrogens is 458 g/mol. The van der Waals surface area contributed by atoms with Gasteiger partial charge in [-0.3, -0.25) is 9.59 Å². The Balaban J connectivity index is 1.56. The van der Waals surface area contributed by atoms with Crippen LogP contribution < -0.4 is 5.32 Å². The van der Waals surface area contributed by atoms with E-state index in [1.165, 1.54) is 25.3 Å². The van der Waals surface area contributed by atoms with Crippen molar-refractivity contribution in [3.05, 3.63) is 89.6 Å². The number of hydrogen-bond donors (Lipinski definition) is 1. The van der Waals surface area contributed by atoms with Gasteiger partial charge in [0, 0.05) is 29.6 Å². The number of nitrogens with zero attached hydrogens (tertiary/aromatic N) is 2. The van der Waals surface area contributed by atoms with E-state index in [2.05, 4.69) is 9.71 Å². The standard InChI is InChI=1S/C24H21N3O6S/c1-16(28)18-8-5-9-20(14-18)25-23(29)22(17-6-3-2-4-7-17)33-24(30)19-10-11-21-26-34(31,32)13-12-27(21)15-19/h2-11,14-15,22H,12-13H2,1H3,(H,25,29)/t22-/m1/s1. The quantitative estimate of drug-likeness (QED) is 0.499.